The van der Waals surface area contributed by atoms with Gasteiger partial charge in [0.25, 0.3) is 0 Å². The highest BCUT2D eigenvalue weighted by atomic mass is 16.2. The van der Waals surface area contributed by atoms with Crippen molar-refractivity contribution in [3.63, 3.8) is 0 Å². The Hall–Kier alpha value is -1.88. The quantitative estimate of drug-likeness (QED) is 0.849. The molecular weight excluding hydrogens is 254 g/mol. The molecule has 2 N–H and O–H groups in total. The number of piperidine rings is 1. The molecule has 0 aliphatic carbocycles. The molecule has 5 nitrogen and oxygen atoms in total. The Morgan fingerprint density at radius 1 is 1.00 bits per heavy atom. The number of hydrogen-bond donors (Lipinski definition) is 2. The summed E-state index contributed by atoms with van der Waals surface area (Å²) in [5.41, 5.74) is 0.765. The normalized spacial score (nSPS) is 14.9. The van der Waals surface area contributed by atoms with Gasteiger partial charge in [0.05, 0.1) is 13.1 Å². The summed E-state index contributed by atoms with van der Waals surface area (Å²) in [5, 5.41) is 5.67. The minimum atomic E-state index is -0.136. The van der Waals surface area contributed by atoms with E-state index in [1.54, 1.807) is 0 Å². The van der Waals surface area contributed by atoms with E-state index in [1.807, 2.05) is 35.2 Å². The number of anilines is 1. The van der Waals surface area contributed by atoms with Gasteiger partial charge in [-0.25, -0.2) is 0 Å². The van der Waals surface area contributed by atoms with Gasteiger partial charge in [0.1, 0.15) is 0 Å². The van der Waals surface area contributed by atoms with Gasteiger partial charge in [-0.3, -0.25) is 14.9 Å². The lowest BCUT2D eigenvalue weighted by Crippen LogP contribution is -2.42. The van der Waals surface area contributed by atoms with Crippen LogP contribution < -0.4 is 10.6 Å². The van der Waals surface area contributed by atoms with Gasteiger partial charge in [-0.05, 0) is 31.4 Å². The molecule has 0 saturated carbocycles. The third-order valence-corrected chi connectivity index (χ3v) is 3.33. The predicted molar refractivity (Wildman–Crippen MR) is 78.4 cm³/mol. The number of carbonyl (C=O) groups excluding carboxylic acids is 2. The van der Waals surface area contributed by atoms with E-state index >= 15 is 0 Å². The van der Waals surface area contributed by atoms with Crippen molar-refractivity contribution in [2.75, 3.05) is 31.5 Å². The van der Waals surface area contributed by atoms with Gasteiger partial charge in [-0.15, -0.1) is 0 Å². The zero-order chi connectivity index (χ0) is 14.2. The number of hydrogen-bond acceptors (Lipinski definition) is 3. The van der Waals surface area contributed by atoms with Crippen LogP contribution in [0.3, 0.4) is 0 Å². The van der Waals surface area contributed by atoms with Gasteiger partial charge in [0, 0.05) is 18.8 Å². The molecule has 2 amide bonds. The minimum Gasteiger partial charge on any atom is -0.342 e. The summed E-state index contributed by atoms with van der Waals surface area (Å²) in [4.78, 5) is 25.4. The number of benzene rings is 1. The van der Waals surface area contributed by atoms with Crippen molar-refractivity contribution in [1.82, 2.24) is 10.2 Å². The van der Waals surface area contributed by atoms with Crippen molar-refractivity contribution in [1.29, 1.82) is 0 Å². The first-order valence-electron chi connectivity index (χ1n) is 7.09. The van der Waals surface area contributed by atoms with Crippen LogP contribution in [0, 0.1) is 0 Å². The number of likely N-dealkylation sites (tertiary alicyclic amines) is 1. The molecule has 0 unspecified atom stereocenters. The van der Waals surface area contributed by atoms with E-state index < -0.39 is 0 Å². The highest BCUT2D eigenvalue weighted by molar-refractivity contribution is 5.92. The Labute approximate surface area is 119 Å². The lowest BCUT2D eigenvalue weighted by atomic mass is 10.1. The average molecular weight is 275 g/mol. The summed E-state index contributed by atoms with van der Waals surface area (Å²) in [7, 11) is 0. The van der Waals surface area contributed by atoms with Crippen LogP contribution in [0.15, 0.2) is 30.3 Å². The first-order valence-corrected chi connectivity index (χ1v) is 7.09. The number of nitrogens with one attached hydrogen (secondary N) is 2. The molecule has 5 heteroatoms. The Kier molecular flexibility index (Phi) is 5.55. The molecule has 1 aromatic carbocycles. The van der Waals surface area contributed by atoms with Gasteiger partial charge in [0.15, 0.2) is 0 Å². The van der Waals surface area contributed by atoms with E-state index in [0.29, 0.717) is 0 Å². The van der Waals surface area contributed by atoms with Gasteiger partial charge < -0.3 is 10.2 Å². The van der Waals surface area contributed by atoms with Crippen molar-refractivity contribution in [2.24, 2.45) is 0 Å². The number of rotatable bonds is 5. The van der Waals surface area contributed by atoms with E-state index in [4.69, 9.17) is 0 Å². The summed E-state index contributed by atoms with van der Waals surface area (Å²) >= 11 is 0. The van der Waals surface area contributed by atoms with Crippen molar-refractivity contribution in [3.05, 3.63) is 30.3 Å². The Bertz CT molecular complexity index is 442. The largest absolute Gasteiger partial charge is 0.342 e. The monoisotopic (exact) mass is 275 g/mol. The molecule has 1 aromatic rings. The lowest BCUT2D eigenvalue weighted by molar-refractivity contribution is -0.131. The summed E-state index contributed by atoms with van der Waals surface area (Å²) in [5.74, 6) is -0.0557. The molecule has 20 heavy (non-hydrogen) atoms. The van der Waals surface area contributed by atoms with Gasteiger partial charge >= 0.3 is 0 Å². The van der Waals surface area contributed by atoms with Crippen molar-refractivity contribution < 1.29 is 9.59 Å². The van der Waals surface area contributed by atoms with E-state index in [0.717, 1.165) is 31.6 Å². The van der Waals surface area contributed by atoms with Crippen LogP contribution in [-0.2, 0) is 9.59 Å². The average Bonchev–Trinajstić information content (AvgIpc) is 2.49. The lowest BCUT2D eigenvalue weighted by Gasteiger charge is -2.26. The highest BCUT2D eigenvalue weighted by Crippen LogP contribution is 2.08. The molecule has 1 heterocycles. The number of nitrogens with zero attached hydrogens (tertiary/aromatic N) is 1. The molecule has 0 atom stereocenters. The fourth-order valence-corrected chi connectivity index (χ4v) is 2.26. The molecule has 1 aliphatic rings. The van der Waals surface area contributed by atoms with E-state index in [1.165, 1.54) is 6.42 Å². The molecular formula is C15H21N3O2. The Morgan fingerprint density at radius 3 is 2.40 bits per heavy atom. The molecule has 108 valence electrons. The van der Waals surface area contributed by atoms with E-state index in [2.05, 4.69) is 10.6 Å². The number of para-hydroxylation sites is 1. The second-order valence-electron chi connectivity index (χ2n) is 4.96. The van der Waals surface area contributed by atoms with Crippen LogP contribution in [-0.4, -0.2) is 42.9 Å². The van der Waals surface area contributed by atoms with Gasteiger partial charge in [-0.1, -0.05) is 18.2 Å². The number of amides is 2. The van der Waals surface area contributed by atoms with Gasteiger partial charge in [-0.2, -0.15) is 0 Å². The van der Waals surface area contributed by atoms with Crippen LogP contribution in [0.25, 0.3) is 0 Å². The van der Waals surface area contributed by atoms with Crippen LogP contribution in [0.2, 0.25) is 0 Å². The second kappa shape index (κ2) is 7.65. The summed E-state index contributed by atoms with van der Waals surface area (Å²) in [6, 6.07) is 9.28. The molecule has 0 radical (unpaired) electrons. The second-order valence-corrected chi connectivity index (χ2v) is 4.96. The smallest absolute Gasteiger partial charge is 0.238 e. The van der Waals surface area contributed by atoms with Crippen LogP contribution in [0.5, 0.6) is 0 Å². The zero-order valence-corrected chi connectivity index (χ0v) is 11.6. The molecule has 1 saturated heterocycles. The fourth-order valence-electron chi connectivity index (χ4n) is 2.26. The van der Waals surface area contributed by atoms with E-state index in [-0.39, 0.29) is 24.9 Å². The van der Waals surface area contributed by atoms with Crippen LogP contribution in [0.1, 0.15) is 19.3 Å². The molecule has 0 bridgehead atoms. The van der Waals surface area contributed by atoms with Crippen LogP contribution in [0.4, 0.5) is 5.69 Å². The van der Waals surface area contributed by atoms with Crippen molar-refractivity contribution in [3.8, 4) is 0 Å². The SMILES string of the molecule is O=C(CNCC(=O)N1CCCCC1)Nc1ccccc1. The Morgan fingerprint density at radius 2 is 1.70 bits per heavy atom. The third-order valence-electron chi connectivity index (χ3n) is 3.33. The minimum absolute atomic E-state index is 0.0808. The molecule has 0 spiro atoms. The number of carbonyl (C=O) groups is 2. The topological polar surface area (TPSA) is 61.4 Å². The fraction of sp³-hybridized carbons (Fsp3) is 0.467. The molecule has 2 rings (SSSR count). The molecule has 0 aromatic heterocycles. The highest BCUT2D eigenvalue weighted by Gasteiger charge is 2.15. The standard InChI is InChI=1S/C15H21N3O2/c19-14(17-13-7-3-1-4-8-13)11-16-12-15(20)18-9-5-2-6-10-18/h1,3-4,7-8,16H,2,5-6,9-12H2,(H,17,19). The first-order chi connectivity index (χ1) is 9.75. The van der Waals surface area contributed by atoms with Crippen molar-refractivity contribution in [2.45, 2.75) is 19.3 Å². The molecule has 1 aliphatic heterocycles. The maximum absolute atomic E-state index is 11.9. The molecule has 1 fully saturated rings. The maximum atomic E-state index is 11.9. The first kappa shape index (κ1) is 14.5. The van der Waals surface area contributed by atoms with E-state index in [9.17, 15) is 9.59 Å². The van der Waals surface area contributed by atoms with Gasteiger partial charge in [0.2, 0.25) is 11.8 Å². The zero-order valence-electron chi connectivity index (χ0n) is 11.6. The van der Waals surface area contributed by atoms with Crippen LogP contribution >= 0.6 is 0 Å². The summed E-state index contributed by atoms with van der Waals surface area (Å²) in [6.07, 6.45) is 3.37. The predicted octanol–water partition coefficient (Wildman–Crippen LogP) is 1.23. The summed E-state index contributed by atoms with van der Waals surface area (Å²) < 4.78 is 0. The third kappa shape index (κ3) is 4.66. The summed E-state index contributed by atoms with van der Waals surface area (Å²) in [6.45, 7) is 2.06. The van der Waals surface area contributed by atoms with Crippen molar-refractivity contribution >= 4 is 17.5 Å². The Balaban J connectivity index is 1.65. The maximum Gasteiger partial charge on any atom is 0.238 e.